The standard InChI is InChI=1S/C32H27FN4O3S/c1-3-27(38)37-12-9-25-24(17-37)35-32(40-25)30-28(22-7-6-21(33)15-26(22)39-2)31-23(10-13-41-31)29(36-30)19-4-5-20-16-34-11-8-18(20)14-19/h3-7,10,13-15,34H,1,8-9,11-12,16-17H2,2H3. The molecule has 1 N–H and O–H groups in total. The van der Waals surface area contributed by atoms with Crippen molar-refractivity contribution < 1.29 is 18.3 Å². The molecule has 206 valence electrons. The van der Waals surface area contributed by atoms with Crippen molar-refractivity contribution in [2.45, 2.75) is 25.9 Å². The number of benzene rings is 2. The van der Waals surface area contributed by atoms with Gasteiger partial charge in [0.1, 0.15) is 28.7 Å². The van der Waals surface area contributed by atoms with Crippen molar-refractivity contribution in [1.82, 2.24) is 20.2 Å². The Balaban J connectivity index is 1.47. The van der Waals surface area contributed by atoms with E-state index in [2.05, 4.69) is 36.2 Å². The number of pyridine rings is 1. The predicted octanol–water partition coefficient (Wildman–Crippen LogP) is 6.15. The first-order valence-corrected chi connectivity index (χ1v) is 14.4. The van der Waals surface area contributed by atoms with Crippen molar-refractivity contribution in [1.29, 1.82) is 0 Å². The van der Waals surface area contributed by atoms with Crippen LogP contribution >= 0.6 is 11.3 Å². The van der Waals surface area contributed by atoms with Crippen LogP contribution in [-0.4, -0.2) is 41.0 Å². The Morgan fingerprint density at radius 3 is 2.90 bits per heavy atom. The van der Waals surface area contributed by atoms with Gasteiger partial charge in [-0.3, -0.25) is 4.79 Å². The molecule has 0 saturated heterocycles. The minimum Gasteiger partial charge on any atom is -0.496 e. The highest BCUT2D eigenvalue weighted by Gasteiger charge is 2.29. The highest BCUT2D eigenvalue weighted by atomic mass is 32.1. The molecule has 0 bridgehead atoms. The molecular formula is C32H27FN4O3S. The second-order valence-corrected chi connectivity index (χ2v) is 11.1. The molecule has 0 radical (unpaired) electrons. The molecule has 1 amide bonds. The lowest BCUT2D eigenvalue weighted by Gasteiger charge is -2.23. The van der Waals surface area contributed by atoms with E-state index in [1.54, 1.807) is 22.3 Å². The molecule has 5 heterocycles. The molecule has 5 aromatic rings. The van der Waals surface area contributed by atoms with Crippen molar-refractivity contribution >= 4 is 27.3 Å². The van der Waals surface area contributed by atoms with Crippen LogP contribution < -0.4 is 10.1 Å². The monoisotopic (exact) mass is 566 g/mol. The van der Waals surface area contributed by atoms with E-state index in [1.807, 2.05) is 5.38 Å². The summed E-state index contributed by atoms with van der Waals surface area (Å²) in [4.78, 5) is 24.1. The summed E-state index contributed by atoms with van der Waals surface area (Å²) >= 11 is 1.59. The smallest absolute Gasteiger partial charge is 0.246 e. The van der Waals surface area contributed by atoms with E-state index in [-0.39, 0.29) is 11.7 Å². The summed E-state index contributed by atoms with van der Waals surface area (Å²) in [6.45, 7) is 6.28. The molecule has 2 aliphatic heterocycles. The van der Waals surface area contributed by atoms with Gasteiger partial charge >= 0.3 is 0 Å². The summed E-state index contributed by atoms with van der Waals surface area (Å²) in [6.07, 6.45) is 2.82. The molecule has 0 saturated carbocycles. The summed E-state index contributed by atoms with van der Waals surface area (Å²) < 4.78 is 27.2. The van der Waals surface area contributed by atoms with Gasteiger partial charge in [-0.25, -0.2) is 14.4 Å². The highest BCUT2D eigenvalue weighted by molar-refractivity contribution is 7.18. The van der Waals surface area contributed by atoms with Gasteiger partial charge in [-0.05, 0) is 59.8 Å². The summed E-state index contributed by atoms with van der Waals surface area (Å²) in [5.41, 5.74) is 7.20. The Kier molecular flexibility index (Phi) is 6.40. The molecule has 0 unspecified atom stereocenters. The third-order valence-corrected chi connectivity index (χ3v) is 8.76. The van der Waals surface area contributed by atoms with Gasteiger partial charge in [0.2, 0.25) is 11.8 Å². The lowest BCUT2D eigenvalue weighted by molar-refractivity contribution is -0.127. The summed E-state index contributed by atoms with van der Waals surface area (Å²) in [5.74, 6) is 0.973. The van der Waals surface area contributed by atoms with E-state index in [1.165, 1.54) is 36.4 Å². The molecule has 2 aliphatic rings. The lowest BCUT2D eigenvalue weighted by atomic mass is 9.94. The van der Waals surface area contributed by atoms with Crippen molar-refractivity contribution in [2.75, 3.05) is 20.2 Å². The average Bonchev–Trinajstić information content (AvgIpc) is 3.67. The zero-order valence-corrected chi connectivity index (χ0v) is 23.3. The predicted molar refractivity (Wildman–Crippen MR) is 157 cm³/mol. The molecule has 7 nitrogen and oxygen atoms in total. The minimum absolute atomic E-state index is 0.139. The quantitative estimate of drug-likeness (QED) is 0.257. The highest BCUT2D eigenvalue weighted by Crippen LogP contribution is 2.46. The number of halogens is 1. The molecule has 3 aromatic heterocycles. The number of amides is 1. The molecule has 0 spiro atoms. The SMILES string of the molecule is C=CC(=O)N1CCc2oc(-c3nc(-c4ccc5c(c4)CCNC5)c4ccsc4c3-c3ccc(F)cc3OC)nc2C1. The second kappa shape index (κ2) is 10.2. The summed E-state index contributed by atoms with van der Waals surface area (Å²) in [6, 6.07) is 13.1. The maximum absolute atomic E-state index is 14.3. The van der Waals surface area contributed by atoms with E-state index < -0.39 is 0 Å². The second-order valence-electron chi connectivity index (χ2n) is 10.2. The Morgan fingerprint density at radius 2 is 2.05 bits per heavy atom. The molecule has 9 heteroatoms. The van der Waals surface area contributed by atoms with Gasteiger partial charge in [-0.1, -0.05) is 18.7 Å². The first-order valence-electron chi connectivity index (χ1n) is 13.5. The van der Waals surface area contributed by atoms with Crippen LogP contribution in [-0.2, 0) is 30.7 Å². The number of oxazole rings is 1. The number of aromatic nitrogens is 2. The normalized spacial score (nSPS) is 14.5. The average molecular weight is 567 g/mol. The van der Waals surface area contributed by atoms with Crippen LogP contribution in [0.3, 0.4) is 0 Å². The zero-order chi connectivity index (χ0) is 28.1. The summed E-state index contributed by atoms with van der Waals surface area (Å²) in [5, 5.41) is 6.47. The number of nitrogens with one attached hydrogen (secondary N) is 1. The van der Waals surface area contributed by atoms with Gasteiger partial charge in [0.05, 0.1) is 19.3 Å². The van der Waals surface area contributed by atoms with Crippen LogP contribution in [0, 0.1) is 5.82 Å². The number of hydrogen-bond donors (Lipinski definition) is 1. The molecule has 41 heavy (non-hydrogen) atoms. The van der Waals surface area contributed by atoms with Gasteiger partial charge < -0.3 is 19.4 Å². The van der Waals surface area contributed by atoms with Crippen LogP contribution in [0.2, 0.25) is 0 Å². The van der Waals surface area contributed by atoms with E-state index in [0.29, 0.717) is 48.1 Å². The fourth-order valence-corrected chi connectivity index (χ4v) is 6.72. The van der Waals surface area contributed by atoms with Crippen molar-refractivity contribution in [2.24, 2.45) is 0 Å². The molecule has 7 rings (SSSR count). The third kappa shape index (κ3) is 4.42. The first-order chi connectivity index (χ1) is 20.0. The number of carbonyl (C=O) groups is 1. The molecular weight excluding hydrogens is 539 g/mol. The molecule has 2 aromatic carbocycles. The van der Waals surface area contributed by atoms with E-state index >= 15 is 0 Å². The Bertz CT molecular complexity index is 1840. The molecule has 0 aliphatic carbocycles. The first kappa shape index (κ1) is 25.6. The fraction of sp³-hybridized carbons (Fsp3) is 0.219. The van der Waals surface area contributed by atoms with Gasteiger partial charge in [0.25, 0.3) is 0 Å². The number of fused-ring (bicyclic) bond motifs is 3. The van der Waals surface area contributed by atoms with Crippen LogP contribution in [0.25, 0.3) is 44.1 Å². The molecule has 0 fully saturated rings. The van der Waals surface area contributed by atoms with Crippen LogP contribution in [0.15, 0.2) is 64.9 Å². The van der Waals surface area contributed by atoms with E-state index in [0.717, 1.165) is 52.2 Å². The van der Waals surface area contributed by atoms with Crippen molar-refractivity contribution in [3.05, 3.63) is 88.9 Å². The zero-order valence-electron chi connectivity index (χ0n) is 22.5. The number of carbonyl (C=O) groups excluding carboxylic acids is 1. The van der Waals surface area contributed by atoms with Crippen molar-refractivity contribution in [3.63, 3.8) is 0 Å². The Morgan fingerprint density at radius 1 is 1.15 bits per heavy atom. The number of hydrogen-bond acceptors (Lipinski definition) is 7. The number of methoxy groups -OCH3 is 1. The van der Waals surface area contributed by atoms with Gasteiger partial charge in [0.15, 0.2) is 0 Å². The number of ether oxygens (including phenoxy) is 1. The van der Waals surface area contributed by atoms with Gasteiger partial charge in [0, 0.05) is 52.4 Å². The van der Waals surface area contributed by atoms with Crippen molar-refractivity contribution in [3.8, 4) is 39.7 Å². The maximum atomic E-state index is 14.3. The van der Waals surface area contributed by atoms with E-state index in [4.69, 9.17) is 19.1 Å². The Labute approximate surface area is 240 Å². The number of rotatable bonds is 5. The van der Waals surface area contributed by atoms with Crippen LogP contribution in [0.5, 0.6) is 5.75 Å². The van der Waals surface area contributed by atoms with E-state index in [9.17, 15) is 9.18 Å². The minimum atomic E-state index is -0.388. The van der Waals surface area contributed by atoms with Crippen LogP contribution in [0.4, 0.5) is 4.39 Å². The fourth-order valence-electron chi connectivity index (χ4n) is 5.76. The van der Waals surface area contributed by atoms with Crippen LogP contribution in [0.1, 0.15) is 22.6 Å². The van der Waals surface area contributed by atoms with Gasteiger partial charge in [-0.2, -0.15) is 0 Å². The largest absolute Gasteiger partial charge is 0.496 e. The Hall–Kier alpha value is -4.34. The topological polar surface area (TPSA) is 80.5 Å². The molecule has 0 atom stereocenters. The summed E-state index contributed by atoms with van der Waals surface area (Å²) in [7, 11) is 1.53. The van der Waals surface area contributed by atoms with Gasteiger partial charge in [-0.15, -0.1) is 11.3 Å². The third-order valence-electron chi connectivity index (χ3n) is 7.82. The number of nitrogens with zero attached hydrogens (tertiary/aromatic N) is 3. The lowest BCUT2D eigenvalue weighted by Crippen LogP contribution is -2.34. The maximum Gasteiger partial charge on any atom is 0.246 e. The number of thiophene rings is 1.